The van der Waals surface area contributed by atoms with Gasteiger partial charge in [0.15, 0.2) is 18.1 Å². The number of fused-ring (bicyclic) bond motifs is 2. The number of carbonyl (C=O) groups excluding carboxylic acids is 1. The fourth-order valence-electron chi connectivity index (χ4n) is 4.44. The molecule has 6 heteroatoms. The van der Waals surface area contributed by atoms with Crippen molar-refractivity contribution in [1.29, 1.82) is 0 Å². The average molecular weight is 423 g/mol. The van der Waals surface area contributed by atoms with Crippen LogP contribution in [0.25, 0.3) is 10.2 Å². The summed E-state index contributed by atoms with van der Waals surface area (Å²) in [5.74, 6) is 1.44. The van der Waals surface area contributed by atoms with Crippen LogP contribution >= 0.6 is 11.3 Å². The summed E-state index contributed by atoms with van der Waals surface area (Å²) >= 11 is 1.69. The van der Waals surface area contributed by atoms with Crippen LogP contribution in [-0.4, -0.2) is 34.5 Å². The first-order chi connectivity index (χ1) is 14.5. The summed E-state index contributed by atoms with van der Waals surface area (Å²) in [7, 11) is 0. The van der Waals surface area contributed by atoms with Crippen LogP contribution in [-0.2, 0) is 11.2 Å². The number of rotatable bonds is 4. The van der Waals surface area contributed by atoms with Gasteiger partial charge in [-0.25, -0.2) is 4.98 Å². The summed E-state index contributed by atoms with van der Waals surface area (Å²) in [5, 5.41) is 1.02. The monoisotopic (exact) mass is 422 g/mol. The minimum absolute atomic E-state index is 0.00816. The summed E-state index contributed by atoms with van der Waals surface area (Å²) in [4.78, 5) is 19.9. The van der Waals surface area contributed by atoms with Crippen LogP contribution < -0.4 is 9.47 Å². The molecule has 1 fully saturated rings. The van der Waals surface area contributed by atoms with E-state index in [2.05, 4.69) is 26.0 Å². The Morgan fingerprint density at radius 2 is 2.10 bits per heavy atom. The van der Waals surface area contributed by atoms with Gasteiger partial charge in [-0.05, 0) is 51.3 Å². The highest BCUT2D eigenvalue weighted by Crippen LogP contribution is 2.42. The predicted octanol–water partition coefficient (Wildman–Crippen LogP) is 5.14. The van der Waals surface area contributed by atoms with E-state index >= 15 is 0 Å². The van der Waals surface area contributed by atoms with Gasteiger partial charge in [0, 0.05) is 18.5 Å². The van der Waals surface area contributed by atoms with Gasteiger partial charge in [0.2, 0.25) is 0 Å². The van der Waals surface area contributed by atoms with Crippen LogP contribution in [0.1, 0.15) is 49.7 Å². The number of ether oxygens (including phenoxy) is 2. The van der Waals surface area contributed by atoms with E-state index in [0.717, 1.165) is 54.1 Å². The van der Waals surface area contributed by atoms with E-state index < -0.39 is 0 Å². The van der Waals surface area contributed by atoms with Crippen molar-refractivity contribution in [2.45, 2.75) is 51.2 Å². The van der Waals surface area contributed by atoms with Crippen LogP contribution in [0.5, 0.6) is 11.5 Å². The molecule has 0 bridgehead atoms. The van der Waals surface area contributed by atoms with E-state index in [0.29, 0.717) is 5.75 Å². The summed E-state index contributed by atoms with van der Waals surface area (Å²) < 4.78 is 13.2. The molecule has 30 heavy (non-hydrogen) atoms. The number of nitrogens with zero attached hydrogens (tertiary/aromatic N) is 2. The molecule has 1 unspecified atom stereocenters. The molecule has 1 saturated heterocycles. The highest BCUT2D eigenvalue weighted by Gasteiger charge is 2.33. The molecule has 2 aromatic carbocycles. The molecule has 2 aliphatic heterocycles. The van der Waals surface area contributed by atoms with Crippen molar-refractivity contribution >= 4 is 27.5 Å². The fourth-order valence-corrected chi connectivity index (χ4v) is 5.56. The molecule has 0 radical (unpaired) electrons. The number of benzene rings is 2. The summed E-state index contributed by atoms with van der Waals surface area (Å²) in [5.41, 5.74) is 1.90. The largest absolute Gasteiger partial charge is 0.483 e. The molecule has 0 aliphatic carbocycles. The van der Waals surface area contributed by atoms with Gasteiger partial charge in [-0.3, -0.25) is 4.79 Å². The Morgan fingerprint density at radius 1 is 1.23 bits per heavy atom. The van der Waals surface area contributed by atoms with Gasteiger partial charge in [0.25, 0.3) is 5.91 Å². The summed E-state index contributed by atoms with van der Waals surface area (Å²) in [6.45, 7) is 4.90. The quantitative estimate of drug-likeness (QED) is 0.584. The van der Waals surface area contributed by atoms with E-state index in [-0.39, 0.29) is 24.2 Å². The van der Waals surface area contributed by atoms with E-state index in [9.17, 15) is 4.79 Å². The fraction of sp³-hybridized carbons (Fsp3) is 0.417. The molecule has 2 aliphatic rings. The number of piperidine rings is 1. The van der Waals surface area contributed by atoms with Gasteiger partial charge in [-0.15, -0.1) is 11.3 Å². The first-order valence-corrected chi connectivity index (χ1v) is 11.4. The molecule has 3 aromatic rings. The second kappa shape index (κ2) is 7.58. The SMILES string of the molecule is CC1(C)Cc2cccc(OCC(=O)N3CCCCC3c3nc4ccccc4s3)c2O1. The summed E-state index contributed by atoms with van der Waals surface area (Å²) in [6, 6.07) is 14.1. The molecule has 156 valence electrons. The van der Waals surface area contributed by atoms with Crippen LogP contribution in [0.2, 0.25) is 0 Å². The smallest absolute Gasteiger partial charge is 0.261 e. The van der Waals surface area contributed by atoms with Crippen molar-refractivity contribution in [2.24, 2.45) is 0 Å². The van der Waals surface area contributed by atoms with E-state index in [1.165, 1.54) is 4.70 Å². The lowest BCUT2D eigenvalue weighted by Gasteiger charge is -2.34. The van der Waals surface area contributed by atoms with Crippen LogP contribution in [0.3, 0.4) is 0 Å². The van der Waals surface area contributed by atoms with Gasteiger partial charge < -0.3 is 14.4 Å². The first kappa shape index (κ1) is 19.4. The van der Waals surface area contributed by atoms with Crippen molar-refractivity contribution < 1.29 is 14.3 Å². The molecule has 3 heterocycles. The van der Waals surface area contributed by atoms with Gasteiger partial charge >= 0.3 is 0 Å². The zero-order valence-corrected chi connectivity index (χ0v) is 18.2. The number of hydrogen-bond acceptors (Lipinski definition) is 5. The van der Waals surface area contributed by atoms with Crippen molar-refractivity contribution in [3.05, 3.63) is 53.0 Å². The number of likely N-dealkylation sites (tertiary alicyclic amines) is 1. The second-order valence-corrected chi connectivity index (χ2v) is 9.75. The van der Waals surface area contributed by atoms with Gasteiger partial charge in [0.05, 0.1) is 16.3 Å². The molecule has 5 rings (SSSR count). The third-order valence-electron chi connectivity index (χ3n) is 5.82. The molecule has 1 amide bonds. The maximum absolute atomic E-state index is 13.1. The highest BCUT2D eigenvalue weighted by molar-refractivity contribution is 7.18. The Balaban J connectivity index is 1.32. The number of para-hydroxylation sites is 2. The third-order valence-corrected chi connectivity index (χ3v) is 6.96. The Kier molecular flexibility index (Phi) is 4.89. The maximum atomic E-state index is 13.1. The lowest BCUT2D eigenvalue weighted by Crippen LogP contribution is -2.41. The number of aromatic nitrogens is 1. The molecule has 1 aromatic heterocycles. The third kappa shape index (κ3) is 3.65. The van der Waals surface area contributed by atoms with Crippen LogP contribution in [0, 0.1) is 0 Å². The van der Waals surface area contributed by atoms with Crippen LogP contribution in [0.15, 0.2) is 42.5 Å². The molecular weight excluding hydrogens is 396 g/mol. The average Bonchev–Trinajstić information content (AvgIpc) is 3.31. The number of amides is 1. The lowest BCUT2D eigenvalue weighted by molar-refractivity contribution is -0.137. The van der Waals surface area contributed by atoms with E-state index in [4.69, 9.17) is 14.5 Å². The second-order valence-electron chi connectivity index (χ2n) is 8.69. The standard InChI is InChI=1S/C24H26N2O3S/c1-24(2)14-16-8-7-11-19(22(16)29-24)28-15-21(27)26-13-6-5-10-18(26)23-25-17-9-3-4-12-20(17)30-23/h3-4,7-9,11-12,18H,5-6,10,13-15H2,1-2H3. The topological polar surface area (TPSA) is 51.7 Å². The Bertz CT molecular complexity index is 1060. The van der Waals surface area contributed by atoms with Gasteiger partial charge in [-0.2, -0.15) is 0 Å². The number of thiazole rings is 1. The van der Waals surface area contributed by atoms with Crippen molar-refractivity contribution in [3.8, 4) is 11.5 Å². The van der Waals surface area contributed by atoms with Gasteiger partial charge in [0.1, 0.15) is 10.6 Å². The molecule has 0 spiro atoms. The molecular formula is C24H26N2O3S. The minimum Gasteiger partial charge on any atom is -0.483 e. The molecule has 1 atom stereocenters. The van der Waals surface area contributed by atoms with E-state index in [1.54, 1.807) is 11.3 Å². The van der Waals surface area contributed by atoms with Crippen molar-refractivity contribution in [3.63, 3.8) is 0 Å². The lowest BCUT2D eigenvalue weighted by atomic mass is 10.0. The predicted molar refractivity (Wildman–Crippen MR) is 118 cm³/mol. The highest BCUT2D eigenvalue weighted by atomic mass is 32.1. The Morgan fingerprint density at radius 3 is 2.97 bits per heavy atom. The van der Waals surface area contributed by atoms with Crippen LogP contribution in [0.4, 0.5) is 0 Å². The minimum atomic E-state index is -0.239. The van der Waals surface area contributed by atoms with Gasteiger partial charge in [-0.1, -0.05) is 24.3 Å². The Labute approximate surface area is 180 Å². The number of carbonyl (C=O) groups is 1. The zero-order chi connectivity index (χ0) is 20.7. The number of hydrogen-bond donors (Lipinski definition) is 0. The maximum Gasteiger partial charge on any atom is 0.261 e. The Hall–Kier alpha value is -2.60. The van der Waals surface area contributed by atoms with Crippen molar-refractivity contribution in [1.82, 2.24) is 9.88 Å². The van der Waals surface area contributed by atoms with Crippen molar-refractivity contribution in [2.75, 3.05) is 13.2 Å². The first-order valence-electron chi connectivity index (χ1n) is 10.6. The molecule has 0 saturated carbocycles. The normalized spacial score (nSPS) is 20.1. The zero-order valence-electron chi connectivity index (χ0n) is 17.4. The van der Waals surface area contributed by atoms with E-state index in [1.807, 2.05) is 35.2 Å². The molecule has 0 N–H and O–H groups in total. The summed E-state index contributed by atoms with van der Waals surface area (Å²) in [6.07, 6.45) is 3.92. The molecule has 5 nitrogen and oxygen atoms in total.